The topological polar surface area (TPSA) is 83.8 Å². The van der Waals surface area contributed by atoms with Gasteiger partial charge in [-0.2, -0.15) is 21.7 Å². The van der Waals surface area contributed by atoms with Crippen molar-refractivity contribution in [1.82, 2.24) is 19.9 Å². The molecule has 3 fully saturated rings. The maximum atomic E-state index is 17.0. The molecule has 1 aliphatic carbocycles. The highest BCUT2D eigenvalue weighted by atomic mass is 32.2. The first-order valence-electron chi connectivity index (χ1n) is 15.9. The predicted molar refractivity (Wildman–Crippen MR) is 178 cm³/mol. The Labute approximate surface area is 271 Å². The van der Waals surface area contributed by atoms with Crippen LogP contribution in [0.1, 0.15) is 44.1 Å². The average molecular weight is 646 g/mol. The van der Waals surface area contributed by atoms with Crippen LogP contribution in [0.3, 0.4) is 0 Å². The second-order valence-electron chi connectivity index (χ2n) is 12.6. The zero-order valence-electron chi connectivity index (χ0n) is 26.1. The first-order valence-corrected chi connectivity index (χ1v) is 17.0. The number of aromatic nitrogens is 3. The van der Waals surface area contributed by atoms with Crippen LogP contribution in [0, 0.1) is 29.4 Å². The van der Waals surface area contributed by atoms with Gasteiger partial charge in [0.05, 0.1) is 19.3 Å². The van der Waals surface area contributed by atoms with E-state index in [1.807, 2.05) is 11.8 Å². The molecule has 3 aliphatic rings. The summed E-state index contributed by atoms with van der Waals surface area (Å²) in [7, 11) is 3.65. The van der Waals surface area contributed by atoms with E-state index in [1.165, 1.54) is 31.4 Å². The number of benzene rings is 2. The molecule has 1 N–H and O–H groups in total. The Hall–Kier alpha value is -3.88. The van der Waals surface area contributed by atoms with Crippen LogP contribution in [0.4, 0.5) is 14.6 Å². The summed E-state index contributed by atoms with van der Waals surface area (Å²) >= 11 is 1.87. The molecule has 0 bridgehead atoms. The molecule has 4 heterocycles. The van der Waals surface area contributed by atoms with Gasteiger partial charge in [-0.05, 0) is 75.0 Å². The number of terminal acetylenes is 1. The zero-order chi connectivity index (χ0) is 32.0. The molecule has 2 aromatic heterocycles. The first kappa shape index (κ1) is 30.8. The molecule has 4 aromatic rings. The fraction of sp³-hybridized carbons (Fsp3) is 0.457. The van der Waals surface area contributed by atoms with E-state index in [0.29, 0.717) is 35.8 Å². The average Bonchev–Trinajstić information content (AvgIpc) is 3.31. The Morgan fingerprint density at radius 2 is 1.91 bits per heavy atom. The summed E-state index contributed by atoms with van der Waals surface area (Å²) in [4.78, 5) is 18.8. The maximum absolute atomic E-state index is 17.0. The van der Waals surface area contributed by atoms with Gasteiger partial charge in [0.2, 0.25) is 5.88 Å². The number of fused-ring (bicyclic) bond motifs is 3. The standard InChI is InChI=1S/C35H37F2N5O3S/c1-4-23-25(36)10-9-21-18-22(43)19-24(27(21)23)30-29(37)31-28(33(38-30)44-3)32(42-14-7-16-46-17-15-42)40-34(39-31)45-20-35-11-5-8-26(35)41(2)13-6-12-35/h1,9-10,18-19,26,43H,5-8,11-17,20H2,2-3H3. The third-order valence-corrected chi connectivity index (χ3v) is 11.0. The first-order chi connectivity index (χ1) is 22.3. The van der Waals surface area contributed by atoms with E-state index in [0.717, 1.165) is 63.1 Å². The molecule has 2 unspecified atom stereocenters. The van der Waals surface area contributed by atoms with Gasteiger partial charge in [0, 0.05) is 41.2 Å². The molecular formula is C35H37F2N5O3S. The second-order valence-corrected chi connectivity index (χ2v) is 13.8. The number of phenols is 1. The van der Waals surface area contributed by atoms with E-state index in [4.69, 9.17) is 20.9 Å². The molecule has 0 spiro atoms. The van der Waals surface area contributed by atoms with Crippen LogP contribution >= 0.6 is 11.8 Å². The molecule has 11 heteroatoms. The van der Waals surface area contributed by atoms with Crippen molar-refractivity contribution in [1.29, 1.82) is 0 Å². The molecule has 0 radical (unpaired) electrons. The Bertz CT molecular complexity index is 1860. The maximum Gasteiger partial charge on any atom is 0.319 e. The fourth-order valence-corrected chi connectivity index (χ4v) is 8.71. The number of nitrogens with zero attached hydrogens (tertiary/aromatic N) is 5. The number of anilines is 1. The number of hydrogen-bond acceptors (Lipinski definition) is 9. The highest BCUT2D eigenvalue weighted by molar-refractivity contribution is 7.99. The van der Waals surface area contributed by atoms with Crippen molar-refractivity contribution in [2.75, 3.05) is 56.8 Å². The molecule has 7 rings (SSSR count). The van der Waals surface area contributed by atoms with Crippen molar-refractivity contribution < 1.29 is 23.4 Å². The van der Waals surface area contributed by atoms with E-state index < -0.39 is 11.6 Å². The number of piperidine rings is 1. The number of rotatable bonds is 6. The summed E-state index contributed by atoms with van der Waals surface area (Å²) in [5.41, 5.74) is -0.106. The summed E-state index contributed by atoms with van der Waals surface area (Å²) in [6.45, 7) is 2.96. The third kappa shape index (κ3) is 5.25. The molecule has 240 valence electrons. The molecule has 0 amide bonds. The Morgan fingerprint density at radius 3 is 2.74 bits per heavy atom. The molecule has 8 nitrogen and oxygen atoms in total. The van der Waals surface area contributed by atoms with Crippen LogP contribution in [0.15, 0.2) is 24.3 Å². The van der Waals surface area contributed by atoms with Crippen LogP contribution in [0.25, 0.3) is 32.9 Å². The van der Waals surface area contributed by atoms with Gasteiger partial charge in [0.15, 0.2) is 5.82 Å². The highest BCUT2D eigenvalue weighted by Gasteiger charge is 2.47. The van der Waals surface area contributed by atoms with Gasteiger partial charge in [-0.25, -0.2) is 13.8 Å². The number of aromatic hydroxyl groups is 1. The van der Waals surface area contributed by atoms with Crippen LogP contribution < -0.4 is 14.4 Å². The number of hydrogen-bond donors (Lipinski definition) is 1. The van der Waals surface area contributed by atoms with Crippen molar-refractivity contribution in [3.05, 3.63) is 41.5 Å². The molecule has 2 saturated heterocycles. The summed E-state index contributed by atoms with van der Waals surface area (Å²) in [5.74, 6) is 3.39. The molecule has 46 heavy (non-hydrogen) atoms. The highest BCUT2D eigenvalue weighted by Crippen LogP contribution is 2.48. The van der Waals surface area contributed by atoms with Crippen molar-refractivity contribution in [3.63, 3.8) is 0 Å². The van der Waals surface area contributed by atoms with Gasteiger partial charge in [0.1, 0.15) is 34.0 Å². The summed E-state index contributed by atoms with van der Waals surface area (Å²) in [6, 6.07) is 6.05. The van der Waals surface area contributed by atoms with Gasteiger partial charge >= 0.3 is 6.01 Å². The molecule has 2 aliphatic heterocycles. The fourth-order valence-electron chi connectivity index (χ4n) is 7.82. The molecular weight excluding hydrogens is 608 g/mol. The van der Waals surface area contributed by atoms with Gasteiger partial charge < -0.3 is 24.4 Å². The second kappa shape index (κ2) is 12.4. The lowest BCUT2D eigenvalue weighted by atomic mass is 9.76. The number of phenolic OH excluding ortho intramolecular Hbond substituents is 1. The van der Waals surface area contributed by atoms with E-state index >= 15 is 4.39 Å². The molecule has 2 atom stereocenters. The minimum atomic E-state index is -0.762. The van der Waals surface area contributed by atoms with Gasteiger partial charge in [-0.15, -0.1) is 6.42 Å². The van der Waals surface area contributed by atoms with Crippen molar-refractivity contribution >= 4 is 39.3 Å². The number of pyridine rings is 1. The van der Waals surface area contributed by atoms with Gasteiger partial charge in [0.25, 0.3) is 0 Å². The Balaban J connectivity index is 1.43. The Kier molecular flexibility index (Phi) is 8.28. The van der Waals surface area contributed by atoms with E-state index in [9.17, 15) is 9.50 Å². The largest absolute Gasteiger partial charge is 0.508 e. The van der Waals surface area contributed by atoms with Crippen molar-refractivity contribution in [3.8, 4) is 41.2 Å². The van der Waals surface area contributed by atoms with Crippen molar-refractivity contribution in [2.45, 2.75) is 44.6 Å². The summed E-state index contributed by atoms with van der Waals surface area (Å²) in [5, 5.41) is 11.7. The van der Waals surface area contributed by atoms with Gasteiger partial charge in [-0.3, -0.25) is 0 Å². The minimum absolute atomic E-state index is 0.000537. The quantitative estimate of drug-likeness (QED) is 0.239. The lowest BCUT2D eigenvalue weighted by molar-refractivity contribution is 0.0133. The normalized spacial score (nSPS) is 22.1. The number of halogens is 2. The lowest BCUT2D eigenvalue weighted by Gasteiger charge is -2.44. The zero-order valence-corrected chi connectivity index (χ0v) is 26.9. The minimum Gasteiger partial charge on any atom is -0.508 e. The number of thioether (sulfide) groups is 1. The van der Waals surface area contributed by atoms with Crippen LogP contribution in [-0.2, 0) is 0 Å². The molecule has 2 aromatic carbocycles. The monoisotopic (exact) mass is 645 g/mol. The van der Waals surface area contributed by atoms with E-state index in [1.54, 1.807) is 0 Å². The Morgan fingerprint density at radius 1 is 1.07 bits per heavy atom. The van der Waals surface area contributed by atoms with E-state index in [-0.39, 0.29) is 50.8 Å². The number of ether oxygens (including phenoxy) is 2. The smallest absolute Gasteiger partial charge is 0.319 e. The number of methoxy groups -OCH3 is 1. The van der Waals surface area contributed by atoms with E-state index in [2.05, 4.69) is 32.7 Å². The summed E-state index contributed by atoms with van der Waals surface area (Å²) < 4.78 is 44.2. The SMILES string of the molecule is C#Cc1c(F)ccc2cc(O)cc(-c3nc(OC)c4c(N5CCCSCC5)nc(OCC56CCCC5N(C)CCC6)nc4c3F)c12. The van der Waals surface area contributed by atoms with Gasteiger partial charge in [-0.1, -0.05) is 18.4 Å². The van der Waals surface area contributed by atoms with Crippen LogP contribution in [0.2, 0.25) is 0 Å². The van der Waals surface area contributed by atoms with Crippen LogP contribution in [0.5, 0.6) is 17.6 Å². The van der Waals surface area contributed by atoms with Crippen LogP contribution in [-0.4, -0.2) is 82.9 Å². The third-order valence-electron chi connectivity index (χ3n) is 9.94. The number of likely N-dealkylation sites (tertiary alicyclic amines) is 1. The lowest BCUT2D eigenvalue weighted by Crippen LogP contribution is -2.50. The predicted octanol–water partition coefficient (Wildman–Crippen LogP) is 6.41. The van der Waals surface area contributed by atoms with Crippen molar-refractivity contribution in [2.24, 2.45) is 5.41 Å². The molecule has 1 saturated carbocycles. The summed E-state index contributed by atoms with van der Waals surface area (Å²) in [6.07, 6.45) is 12.2.